The standard InChI is InChI=1S/C20H28O7/c1-19(2)24-12-14(25-19)15(23-11-13-9-7-6-8-10-13)16-17(18(21)22-5)27-20(3,4)26-16/h6-10,14-17H,11-12H2,1-5H3/t14-,15+,16+,17+/m0/s1. The fraction of sp³-hybridized carbons (Fsp3) is 0.650. The maximum atomic E-state index is 12.3. The van der Waals surface area contributed by atoms with Gasteiger partial charge in [0.1, 0.15) is 18.3 Å². The first-order chi connectivity index (χ1) is 12.7. The molecule has 0 unspecified atom stereocenters. The van der Waals surface area contributed by atoms with Crippen LogP contribution in [0.3, 0.4) is 0 Å². The van der Waals surface area contributed by atoms with Crippen molar-refractivity contribution in [3.05, 3.63) is 35.9 Å². The zero-order valence-corrected chi connectivity index (χ0v) is 16.5. The van der Waals surface area contributed by atoms with Crippen LogP contribution in [0.2, 0.25) is 0 Å². The van der Waals surface area contributed by atoms with Gasteiger partial charge in [0.25, 0.3) is 0 Å². The van der Waals surface area contributed by atoms with E-state index in [1.807, 2.05) is 44.2 Å². The van der Waals surface area contributed by atoms with Crippen LogP contribution in [-0.4, -0.2) is 55.7 Å². The lowest BCUT2D eigenvalue weighted by atomic mass is 10.0. The summed E-state index contributed by atoms with van der Waals surface area (Å²) in [4.78, 5) is 12.3. The van der Waals surface area contributed by atoms with E-state index in [0.717, 1.165) is 5.56 Å². The SMILES string of the molecule is COC(=O)[C@@H]1OC(C)(C)O[C@@H]1[C@H](OCc1ccccc1)[C@@H]1COC(C)(C)O1. The molecule has 0 radical (unpaired) electrons. The molecule has 0 aromatic heterocycles. The fourth-order valence-corrected chi connectivity index (χ4v) is 3.39. The third kappa shape index (κ3) is 4.86. The molecule has 1 aromatic carbocycles. The molecule has 0 aliphatic carbocycles. The molecular formula is C20H28O7. The van der Waals surface area contributed by atoms with Crippen molar-refractivity contribution in [1.29, 1.82) is 0 Å². The molecule has 0 bridgehead atoms. The highest BCUT2D eigenvalue weighted by Gasteiger charge is 2.53. The highest BCUT2D eigenvalue weighted by molar-refractivity contribution is 5.75. The molecule has 1 aromatic rings. The summed E-state index contributed by atoms with van der Waals surface area (Å²) in [6.07, 6.45) is -2.56. The van der Waals surface area contributed by atoms with Crippen LogP contribution in [0, 0.1) is 0 Å². The lowest BCUT2D eigenvalue weighted by Crippen LogP contribution is -2.49. The summed E-state index contributed by atoms with van der Waals surface area (Å²) in [5.41, 5.74) is 1.01. The van der Waals surface area contributed by atoms with E-state index in [-0.39, 0.29) is 0 Å². The second-order valence-corrected chi connectivity index (χ2v) is 7.67. The van der Waals surface area contributed by atoms with Crippen molar-refractivity contribution in [2.24, 2.45) is 0 Å². The Bertz CT molecular complexity index is 643. The first-order valence-corrected chi connectivity index (χ1v) is 9.11. The molecule has 150 valence electrons. The van der Waals surface area contributed by atoms with E-state index in [1.165, 1.54) is 7.11 Å². The fourth-order valence-electron chi connectivity index (χ4n) is 3.39. The first kappa shape index (κ1) is 20.2. The lowest BCUT2D eigenvalue weighted by molar-refractivity contribution is -0.190. The summed E-state index contributed by atoms with van der Waals surface area (Å²) in [5.74, 6) is -2.17. The van der Waals surface area contributed by atoms with Crippen molar-refractivity contribution < 1.29 is 33.2 Å². The summed E-state index contributed by atoms with van der Waals surface area (Å²) in [7, 11) is 1.33. The number of ether oxygens (including phenoxy) is 6. The van der Waals surface area contributed by atoms with Gasteiger partial charge in [0.2, 0.25) is 0 Å². The molecule has 27 heavy (non-hydrogen) atoms. The largest absolute Gasteiger partial charge is 0.467 e. The molecule has 7 heteroatoms. The Morgan fingerprint density at radius 3 is 2.41 bits per heavy atom. The number of benzene rings is 1. The zero-order chi connectivity index (χ0) is 19.7. The summed E-state index contributed by atoms with van der Waals surface area (Å²) >= 11 is 0. The first-order valence-electron chi connectivity index (χ1n) is 9.11. The van der Waals surface area contributed by atoms with Crippen molar-refractivity contribution >= 4 is 5.97 Å². The molecule has 0 N–H and O–H groups in total. The molecule has 0 spiro atoms. The van der Waals surface area contributed by atoms with Crippen LogP contribution >= 0.6 is 0 Å². The second kappa shape index (κ2) is 7.85. The summed E-state index contributed by atoms with van der Waals surface area (Å²) in [5, 5.41) is 0. The average Bonchev–Trinajstić information content (AvgIpc) is 3.14. The minimum absolute atomic E-state index is 0.334. The molecule has 0 amide bonds. The van der Waals surface area contributed by atoms with Gasteiger partial charge in [0.05, 0.1) is 20.3 Å². The van der Waals surface area contributed by atoms with Gasteiger partial charge in [-0.25, -0.2) is 4.79 Å². The van der Waals surface area contributed by atoms with Gasteiger partial charge < -0.3 is 28.4 Å². The number of hydrogen-bond acceptors (Lipinski definition) is 7. The van der Waals surface area contributed by atoms with E-state index >= 15 is 0 Å². The minimum Gasteiger partial charge on any atom is -0.467 e. The van der Waals surface area contributed by atoms with E-state index in [9.17, 15) is 4.79 Å². The Kier molecular flexibility index (Phi) is 5.88. The molecule has 4 atom stereocenters. The Labute approximate surface area is 159 Å². The number of rotatable bonds is 6. The van der Waals surface area contributed by atoms with Gasteiger partial charge >= 0.3 is 5.97 Å². The molecule has 2 saturated heterocycles. The van der Waals surface area contributed by atoms with Gasteiger partial charge in [-0.05, 0) is 33.3 Å². The van der Waals surface area contributed by atoms with Crippen molar-refractivity contribution in [2.75, 3.05) is 13.7 Å². The topological polar surface area (TPSA) is 72.5 Å². The predicted octanol–water partition coefficient (Wildman–Crippen LogP) is 2.42. The van der Waals surface area contributed by atoms with Crippen molar-refractivity contribution in [3.63, 3.8) is 0 Å². The number of esters is 1. The Balaban J connectivity index is 1.82. The Morgan fingerprint density at radius 2 is 1.81 bits per heavy atom. The molecule has 3 rings (SSSR count). The number of carbonyl (C=O) groups excluding carboxylic acids is 1. The smallest absolute Gasteiger partial charge is 0.337 e. The van der Waals surface area contributed by atoms with Crippen LogP contribution in [0.15, 0.2) is 30.3 Å². The van der Waals surface area contributed by atoms with Crippen LogP contribution in [0.5, 0.6) is 0 Å². The molecule has 0 saturated carbocycles. The van der Waals surface area contributed by atoms with E-state index in [1.54, 1.807) is 13.8 Å². The highest BCUT2D eigenvalue weighted by Crippen LogP contribution is 2.36. The van der Waals surface area contributed by atoms with Gasteiger partial charge in [-0.3, -0.25) is 0 Å². The van der Waals surface area contributed by atoms with E-state index in [0.29, 0.717) is 13.2 Å². The van der Waals surface area contributed by atoms with Crippen LogP contribution in [0.1, 0.15) is 33.3 Å². The van der Waals surface area contributed by atoms with Gasteiger partial charge in [0.15, 0.2) is 17.7 Å². The minimum atomic E-state index is -0.938. The summed E-state index contributed by atoms with van der Waals surface area (Å²) in [6.45, 7) is 7.88. The van der Waals surface area contributed by atoms with Crippen LogP contribution in [0.25, 0.3) is 0 Å². The van der Waals surface area contributed by atoms with Crippen molar-refractivity contribution in [3.8, 4) is 0 Å². The number of carbonyl (C=O) groups is 1. The van der Waals surface area contributed by atoms with Gasteiger partial charge in [-0.2, -0.15) is 0 Å². The van der Waals surface area contributed by atoms with Gasteiger partial charge in [-0.15, -0.1) is 0 Å². The number of methoxy groups -OCH3 is 1. The zero-order valence-electron chi connectivity index (χ0n) is 16.5. The van der Waals surface area contributed by atoms with Crippen molar-refractivity contribution in [2.45, 2.75) is 70.3 Å². The Morgan fingerprint density at radius 1 is 1.11 bits per heavy atom. The van der Waals surface area contributed by atoms with Gasteiger partial charge in [-0.1, -0.05) is 30.3 Å². The third-order valence-electron chi connectivity index (χ3n) is 4.57. The maximum absolute atomic E-state index is 12.3. The lowest BCUT2D eigenvalue weighted by Gasteiger charge is -2.30. The third-order valence-corrected chi connectivity index (χ3v) is 4.57. The van der Waals surface area contributed by atoms with E-state index in [2.05, 4.69) is 0 Å². The monoisotopic (exact) mass is 380 g/mol. The van der Waals surface area contributed by atoms with Crippen LogP contribution < -0.4 is 0 Å². The second-order valence-electron chi connectivity index (χ2n) is 7.67. The Hall–Kier alpha value is -1.51. The molecule has 2 fully saturated rings. The highest BCUT2D eigenvalue weighted by atomic mass is 16.8. The quantitative estimate of drug-likeness (QED) is 0.702. The van der Waals surface area contributed by atoms with Crippen LogP contribution in [-0.2, 0) is 39.8 Å². The van der Waals surface area contributed by atoms with E-state index in [4.69, 9.17) is 28.4 Å². The number of hydrogen-bond donors (Lipinski definition) is 0. The van der Waals surface area contributed by atoms with Crippen LogP contribution in [0.4, 0.5) is 0 Å². The summed E-state index contributed by atoms with van der Waals surface area (Å²) < 4.78 is 34.6. The predicted molar refractivity (Wildman–Crippen MR) is 95.8 cm³/mol. The molecule has 2 aliphatic heterocycles. The molecular weight excluding hydrogens is 352 g/mol. The molecule has 7 nitrogen and oxygen atoms in total. The van der Waals surface area contributed by atoms with E-state index < -0.39 is 42.0 Å². The normalized spacial score (nSPS) is 30.2. The van der Waals surface area contributed by atoms with Crippen molar-refractivity contribution in [1.82, 2.24) is 0 Å². The molecule has 2 aliphatic rings. The molecule has 2 heterocycles. The average molecular weight is 380 g/mol. The maximum Gasteiger partial charge on any atom is 0.337 e. The summed E-state index contributed by atoms with van der Waals surface area (Å²) in [6, 6.07) is 9.78. The van der Waals surface area contributed by atoms with Gasteiger partial charge in [0, 0.05) is 0 Å².